The maximum atomic E-state index is 5.88. The maximum absolute atomic E-state index is 5.88. The zero-order valence-electron chi connectivity index (χ0n) is 10.9. The van der Waals surface area contributed by atoms with Crippen LogP contribution in [-0.4, -0.2) is 23.8 Å². The molecule has 1 rings (SSSR count). The second-order valence-corrected chi connectivity index (χ2v) is 5.39. The molecule has 0 spiro atoms. The lowest BCUT2D eigenvalue weighted by atomic mass is 10.1. The highest BCUT2D eigenvalue weighted by Crippen LogP contribution is 2.30. The number of rotatable bonds is 5. The quantitative estimate of drug-likeness (QED) is 0.655. The van der Waals surface area contributed by atoms with Crippen LogP contribution in [0.5, 0.6) is 0 Å². The summed E-state index contributed by atoms with van der Waals surface area (Å²) in [5.74, 6) is 0. The number of hydrogen-bond donors (Lipinski definition) is 1. The zero-order valence-corrected chi connectivity index (χ0v) is 12.5. The monoisotopic (exact) mass is 268 g/mol. The van der Waals surface area contributed by atoms with E-state index in [2.05, 4.69) is 43.9 Å². The number of nitrogens with zero attached hydrogens (tertiary/aromatic N) is 1. The van der Waals surface area contributed by atoms with Crippen LogP contribution in [0.2, 0.25) is 0 Å². The van der Waals surface area contributed by atoms with E-state index >= 15 is 0 Å². The Kier molecular flexibility index (Phi) is 5.28. The van der Waals surface area contributed by atoms with E-state index in [-0.39, 0.29) is 0 Å². The van der Waals surface area contributed by atoms with Crippen LogP contribution in [0.15, 0.2) is 23.1 Å². The van der Waals surface area contributed by atoms with Gasteiger partial charge in [-0.15, -0.1) is 11.8 Å². The summed E-state index contributed by atoms with van der Waals surface area (Å²) in [7, 11) is 0. The lowest BCUT2D eigenvalue weighted by molar-refractivity contribution is 0.702. The second-order valence-electron chi connectivity index (χ2n) is 4.10. The van der Waals surface area contributed by atoms with Crippen LogP contribution in [0.25, 0.3) is 0 Å². The van der Waals surface area contributed by atoms with Crippen molar-refractivity contribution in [1.82, 2.24) is 0 Å². The van der Waals surface area contributed by atoms with Gasteiger partial charge >= 0.3 is 0 Å². The van der Waals surface area contributed by atoms with Gasteiger partial charge in [-0.25, -0.2) is 0 Å². The Bertz CT molecular complexity index is 402. The number of hydrogen-bond acceptors (Lipinski definition) is 3. The van der Waals surface area contributed by atoms with Gasteiger partial charge in [-0.2, -0.15) is 0 Å². The molecule has 1 aromatic rings. The van der Waals surface area contributed by atoms with Gasteiger partial charge in [0.15, 0.2) is 0 Å². The molecule has 17 heavy (non-hydrogen) atoms. The molecule has 0 saturated carbocycles. The molecule has 0 heterocycles. The first-order valence-electron chi connectivity index (χ1n) is 5.76. The number of thioether (sulfide) groups is 1. The Morgan fingerprint density at radius 3 is 2.53 bits per heavy atom. The standard InChI is InChI=1S/C13H20N2S2/c1-5-15(9(2)3)10-7-6-8-11(17-4)12(10)13(14)16/h6-9H,5H2,1-4H3,(H2,14,16). The van der Waals surface area contributed by atoms with E-state index in [0.717, 1.165) is 22.7 Å². The van der Waals surface area contributed by atoms with Crippen molar-refractivity contribution in [3.05, 3.63) is 23.8 Å². The third kappa shape index (κ3) is 3.13. The maximum Gasteiger partial charge on any atom is 0.107 e. The first-order valence-corrected chi connectivity index (χ1v) is 7.39. The lowest BCUT2D eigenvalue weighted by Crippen LogP contribution is -2.32. The molecular weight excluding hydrogens is 248 g/mol. The van der Waals surface area contributed by atoms with Crippen LogP contribution in [0.1, 0.15) is 26.3 Å². The summed E-state index contributed by atoms with van der Waals surface area (Å²) in [6, 6.07) is 6.66. The highest BCUT2D eigenvalue weighted by Gasteiger charge is 2.16. The van der Waals surface area contributed by atoms with E-state index in [1.807, 2.05) is 6.26 Å². The summed E-state index contributed by atoms with van der Waals surface area (Å²) in [4.78, 5) is 3.94. The van der Waals surface area contributed by atoms with Crippen LogP contribution in [0.4, 0.5) is 5.69 Å². The molecule has 0 bridgehead atoms. The fourth-order valence-electron chi connectivity index (χ4n) is 1.99. The summed E-state index contributed by atoms with van der Waals surface area (Å²) in [6.45, 7) is 7.46. The van der Waals surface area contributed by atoms with Crippen molar-refractivity contribution >= 4 is 34.7 Å². The molecular formula is C13H20N2S2. The Balaban J connectivity index is 3.36. The summed E-state index contributed by atoms with van der Waals surface area (Å²) in [6.07, 6.45) is 2.05. The van der Waals surface area contributed by atoms with Crippen LogP contribution in [-0.2, 0) is 0 Å². The average Bonchev–Trinajstić information content (AvgIpc) is 2.28. The van der Waals surface area contributed by atoms with Gasteiger partial charge in [-0.05, 0) is 39.2 Å². The highest BCUT2D eigenvalue weighted by atomic mass is 32.2. The van der Waals surface area contributed by atoms with Crippen molar-refractivity contribution in [1.29, 1.82) is 0 Å². The zero-order chi connectivity index (χ0) is 13.0. The van der Waals surface area contributed by atoms with Crippen LogP contribution in [0, 0.1) is 0 Å². The van der Waals surface area contributed by atoms with Gasteiger partial charge in [-0.1, -0.05) is 18.3 Å². The molecule has 2 nitrogen and oxygen atoms in total. The van der Waals surface area contributed by atoms with E-state index in [1.165, 1.54) is 0 Å². The van der Waals surface area contributed by atoms with E-state index < -0.39 is 0 Å². The van der Waals surface area contributed by atoms with E-state index in [4.69, 9.17) is 18.0 Å². The fraction of sp³-hybridized carbons (Fsp3) is 0.462. The molecule has 0 atom stereocenters. The number of nitrogens with two attached hydrogens (primary N) is 1. The summed E-state index contributed by atoms with van der Waals surface area (Å²) < 4.78 is 0. The van der Waals surface area contributed by atoms with Gasteiger partial charge in [0, 0.05) is 28.7 Å². The predicted octanol–water partition coefficient (Wildman–Crippen LogP) is 3.28. The molecule has 2 N–H and O–H groups in total. The first kappa shape index (κ1) is 14.3. The van der Waals surface area contributed by atoms with E-state index in [9.17, 15) is 0 Å². The molecule has 0 aliphatic rings. The Hall–Kier alpha value is -0.740. The minimum atomic E-state index is 0.435. The minimum absolute atomic E-state index is 0.435. The molecule has 4 heteroatoms. The van der Waals surface area contributed by atoms with Crippen molar-refractivity contribution in [2.45, 2.75) is 31.7 Å². The molecule has 0 radical (unpaired) electrons. The van der Waals surface area contributed by atoms with Gasteiger partial charge in [0.05, 0.1) is 0 Å². The largest absolute Gasteiger partial charge is 0.389 e. The predicted molar refractivity (Wildman–Crippen MR) is 82.3 cm³/mol. The molecule has 0 aliphatic carbocycles. The molecule has 0 saturated heterocycles. The topological polar surface area (TPSA) is 29.3 Å². The van der Waals surface area contributed by atoms with Crippen molar-refractivity contribution in [2.24, 2.45) is 5.73 Å². The summed E-state index contributed by atoms with van der Waals surface area (Å²) in [5, 5.41) is 0. The smallest absolute Gasteiger partial charge is 0.107 e. The second kappa shape index (κ2) is 6.26. The van der Waals surface area contributed by atoms with Gasteiger partial charge in [0.2, 0.25) is 0 Å². The van der Waals surface area contributed by atoms with Crippen molar-refractivity contribution in [3.63, 3.8) is 0 Å². The fourth-order valence-corrected chi connectivity index (χ4v) is 2.90. The summed E-state index contributed by atoms with van der Waals surface area (Å²) in [5.41, 5.74) is 8.02. The normalized spacial score (nSPS) is 10.6. The molecule has 1 aromatic carbocycles. The van der Waals surface area contributed by atoms with Crippen molar-refractivity contribution in [2.75, 3.05) is 17.7 Å². The highest BCUT2D eigenvalue weighted by molar-refractivity contribution is 7.98. The van der Waals surface area contributed by atoms with Crippen LogP contribution in [0.3, 0.4) is 0 Å². The molecule has 0 aliphatic heterocycles. The minimum Gasteiger partial charge on any atom is -0.389 e. The molecule has 0 amide bonds. The molecule has 94 valence electrons. The lowest BCUT2D eigenvalue weighted by Gasteiger charge is -2.30. The molecule has 0 aromatic heterocycles. The first-order chi connectivity index (χ1) is 8.02. The average molecular weight is 268 g/mol. The van der Waals surface area contributed by atoms with Crippen molar-refractivity contribution in [3.8, 4) is 0 Å². The van der Waals surface area contributed by atoms with Crippen LogP contribution >= 0.6 is 24.0 Å². The SMILES string of the molecule is CCN(c1cccc(SC)c1C(N)=S)C(C)C. The van der Waals surface area contributed by atoms with E-state index in [1.54, 1.807) is 11.8 Å². The number of thiocarbonyl (C=S) groups is 1. The Labute approximate surface area is 114 Å². The van der Waals surface area contributed by atoms with E-state index in [0.29, 0.717) is 11.0 Å². The van der Waals surface area contributed by atoms with Gasteiger partial charge in [0.1, 0.15) is 4.99 Å². The Morgan fingerprint density at radius 1 is 1.47 bits per heavy atom. The van der Waals surface area contributed by atoms with Gasteiger partial charge in [-0.3, -0.25) is 0 Å². The molecule has 0 unspecified atom stereocenters. The van der Waals surface area contributed by atoms with Crippen LogP contribution < -0.4 is 10.6 Å². The number of benzene rings is 1. The summed E-state index contributed by atoms with van der Waals surface area (Å²) >= 11 is 6.88. The number of anilines is 1. The van der Waals surface area contributed by atoms with Crippen molar-refractivity contribution < 1.29 is 0 Å². The Morgan fingerprint density at radius 2 is 2.12 bits per heavy atom. The third-order valence-corrected chi connectivity index (χ3v) is 3.73. The van der Waals surface area contributed by atoms with Gasteiger partial charge < -0.3 is 10.6 Å². The third-order valence-electron chi connectivity index (χ3n) is 2.74. The molecule has 0 fully saturated rings. The van der Waals surface area contributed by atoms with Gasteiger partial charge in [0.25, 0.3) is 0 Å².